The average molecular weight is 343 g/mol. The minimum Gasteiger partial charge on any atom is -0.463 e. The number of H-pyrrole nitrogens is 1. The van der Waals surface area contributed by atoms with Gasteiger partial charge in [-0.05, 0) is 18.2 Å². The number of nitrogen functional groups attached to an aromatic ring is 1. The smallest absolute Gasteiger partial charge is 0.328 e. The Kier molecular flexibility index (Phi) is 3.34. The van der Waals surface area contributed by atoms with Gasteiger partial charge in [-0.1, -0.05) is 6.07 Å². The molecule has 0 bridgehead atoms. The fraction of sp³-hybridized carbons (Fsp3) is 0.0625. The van der Waals surface area contributed by atoms with Gasteiger partial charge in [-0.25, -0.2) is 18.6 Å². The third-order valence-corrected chi connectivity index (χ3v) is 3.74. The Morgan fingerprint density at radius 2 is 2.08 bits per heavy atom. The van der Waals surface area contributed by atoms with Gasteiger partial charge in [0.05, 0.1) is 12.8 Å². The summed E-state index contributed by atoms with van der Waals surface area (Å²) in [4.78, 5) is 23.1. The van der Waals surface area contributed by atoms with E-state index >= 15 is 0 Å². The lowest BCUT2D eigenvalue weighted by atomic mass is 10.2. The molecule has 9 heteroatoms. The summed E-state index contributed by atoms with van der Waals surface area (Å²) in [6.45, 7) is -0.140. The molecule has 0 spiro atoms. The number of hydrogen-bond acceptors (Lipinski definition) is 5. The number of aromatic amines is 1. The number of benzene rings is 1. The molecule has 126 valence electrons. The monoisotopic (exact) mass is 343 g/mol. The normalized spacial score (nSPS) is 11.3. The molecule has 0 radical (unpaired) electrons. The molecule has 0 aliphatic rings. The van der Waals surface area contributed by atoms with Gasteiger partial charge in [-0.3, -0.25) is 4.57 Å². The molecule has 0 amide bonds. The van der Waals surface area contributed by atoms with E-state index < -0.39 is 17.3 Å². The van der Waals surface area contributed by atoms with Crippen LogP contribution in [0.3, 0.4) is 0 Å². The van der Waals surface area contributed by atoms with Gasteiger partial charge in [0.25, 0.3) is 0 Å². The van der Waals surface area contributed by atoms with Crippen LogP contribution in [0.25, 0.3) is 22.6 Å². The molecule has 0 saturated carbocycles. The van der Waals surface area contributed by atoms with Crippen molar-refractivity contribution in [1.29, 1.82) is 0 Å². The average Bonchev–Trinajstić information content (AvgIpc) is 3.18. The summed E-state index contributed by atoms with van der Waals surface area (Å²) < 4.78 is 33.5. The molecule has 4 aromatic rings. The van der Waals surface area contributed by atoms with Crippen molar-refractivity contribution < 1.29 is 13.2 Å². The zero-order valence-electron chi connectivity index (χ0n) is 12.7. The van der Waals surface area contributed by atoms with Crippen LogP contribution in [0, 0.1) is 11.6 Å². The lowest BCUT2D eigenvalue weighted by Gasteiger charge is -2.06. The van der Waals surface area contributed by atoms with Gasteiger partial charge in [0.15, 0.2) is 11.4 Å². The minimum atomic E-state index is -0.755. The first-order valence-corrected chi connectivity index (χ1v) is 7.27. The molecule has 0 aliphatic carbocycles. The second-order valence-corrected chi connectivity index (χ2v) is 5.36. The number of nitrogens with zero attached hydrogens (tertiary/aromatic N) is 3. The standard InChI is InChI=1S/C16H11F2N5O2/c17-9-4-3-8(10(18)6-9)7-23-14-13(21-16(23)24)12(20-15(19)22-14)11-2-1-5-25-11/h1-6H,7H2,(H,21,24)(H2,19,20,22). The van der Waals surface area contributed by atoms with E-state index in [1.165, 1.54) is 16.9 Å². The predicted molar refractivity (Wildman–Crippen MR) is 85.7 cm³/mol. The lowest BCUT2D eigenvalue weighted by molar-refractivity contribution is 0.566. The van der Waals surface area contributed by atoms with E-state index in [-0.39, 0.29) is 23.7 Å². The molecule has 0 fully saturated rings. The topological polar surface area (TPSA) is 103 Å². The van der Waals surface area contributed by atoms with Crippen LogP contribution in [0.1, 0.15) is 5.56 Å². The number of rotatable bonds is 3. The van der Waals surface area contributed by atoms with Crippen LogP contribution in [0.2, 0.25) is 0 Å². The molecule has 0 unspecified atom stereocenters. The molecule has 0 atom stereocenters. The van der Waals surface area contributed by atoms with E-state index in [0.717, 1.165) is 12.1 Å². The number of fused-ring (bicyclic) bond motifs is 1. The van der Waals surface area contributed by atoms with E-state index in [9.17, 15) is 13.6 Å². The summed E-state index contributed by atoms with van der Waals surface area (Å²) >= 11 is 0. The van der Waals surface area contributed by atoms with Gasteiger partial charge in [0, 0.05) is 11.6 Å². The molecule has 25 heavy (non-hydrogen) atoms. The van der Waals surface area contributed by atoms with Crippen molar-refractivity contribution in [1.82, 2.24) is 19.5 Å². The van der Waals surface area contributed by atoms with E-state index in [1.54, 1.807) is 12.1 Å². The number of nitrogens with one attached hydrogen (secondary N) is 1. The maximum atomic E-state index is 13.9. The van der Waals surface area contributed by atoms with Crippen molar-refractivity contribution in [2.24, 2.45) is 0 Å². The fourth-order valence-corrected chi connectivity index (χ4v) is 2.61. The summed E-state index contributed by atoms with van der Waals surface area (Å²) in [7, 11) is 0. The van der Waals surface area contributed by atoms with Crippen LogP contribution in [-0.4, -0.2) is 19.5 Å². The number of halogens is 2. The van der Waals surface area contributed by atoms with E-state index in [4.69, 9.17) is 10.2 Å². The van der Waals surface area contributed by atoms with Crippen LogP contribution in [0.4, 0.5) is 14.7 Å². The van der Waals surface area contributed by atoms with E-state index in [0.29, 0.717) is 17.0 Å². The highest BCUT2D eigenvalue weighted by atomic mass is 19.1. The Labute approximate surface area is 138 Å². The summed E-state index contributed by atoms with van der Waals surface area (Å²) in [6, 6.07) is 6.48. The summed E-state index contributed by atoms with van der Waals surface area (Å²) in [5, 5.41) is 0. The number of furan rings is 1. The van der Waals surface area contributed by atoms with E-state index in [1.807, 2.05) is 0 Å². The van der Waals surface area contributed by atoms with Gasteiger partial charge < -0.3 is 15.1 Å². The molecule has 0 aliphatic heterocycles. The lowest BCUT2D eigenvalue weighted by Crippen LogP contribution is -2.18. The third-order valence-electron chi connectivity index (χ3n) is 3.74. The van der Waals surface area contributed by atoms with Crippen molar-refractivity contribution in [3.8, 4) is 11.5 Å². The molecular formula is C16H11F2N5O2. The van der Waals surface area contributed by atoms with Crippen molar-refractivity contribution in [2.75, 3.05) is 5.73 Å². The number of imidazole rings is 1. The maximum Gasteiger partial charge on any atom is 0.328 e. The number of aromatic nitrogens is 4. The Hall–Kier alpha value is -3.49. The highest BCUT2D eigenvalue weighted by molar-refractivity contribution is 5.86. The van der Waals surface area contributed by atoms with Gasteiger partial charge in [0.2, 0.25) is 5.95 Å². The van der Waals surface area contributed by atoms with Crippen LogP contribution >= 0.6 is 0 Å². The molecule has 7 nitrogen and oxygen atoms in total. The first kappa shape index (κ1) is 15.1. The summed E-state index contributed by atoms with van der Waals surface area (Å²) in [5.41, 5.74) is 6.19. The Balaban J connectivity index is 1.90. The highest BCUT2D eigenvalue weighted by Crippen LogP contribution is 2.25. The number of anilines is 1. The number of hydrogen-bond donors (Lipinski definition) is 2. The van der Waals surface area contributed by atoms with Crippen LogP contribution in [0.5, 0.6) is 0 Å². The van der Waals surface area contributed by atoms with Gasteiger partial charge in [-0.15, -0.1) is 0 Å². The zero-order chi connectivity index (χ0) is 17.6. The Bertz CT molecular complexity index is 1130. The first-order chi connectivity index (χ1) is 12.0. The minimum absolute atomic E-state index is 0.0637. The highest BCUT2D eigenvalue weighted by Gasteiger charge is 2.18. The second kappa shape index (κ2) is 5.55. The molecule has 3 N–H and O–H groups in total. The van der Waals surface area contributed by atoms with Crippen LogP contribution in [-0.2, 0) is 6.54 Å². The van der Waals surface area contributed by atoms with E-state index in [2.05, 4.69) is 15.0 Å². The molecule has 1 aromatic carbocycles. The van der Waals surface area contributed by atoms with Crippen molar-refractivity contribution in [3.63, 3.8) is 0 Å². The fourth-order valence-electron chi connectivity index (χ4n) is 2.61. The first-order valence-electron chi connectivity index (χ1n) is 7.27. The van der Waals surface area contributed by atoms with Crippen LogP contribution in [0.15, 0.2) is 45.8 Å². The molecule has 0 saturated heterocycles. The van der Waals surface area contributed by atoms with Crippen molar-refractivity contribution in [2.45, 2.75) is 6.54 Å². The van der Waals surface area contributed by atoms with Gasteiger partial charge in [0.1, 0.15) is 22.8 Å². The maximum absolute atomic E-state index is 13.9. The predicted octanol–water partition coefficient (Wildman–Crippen LogP) is 2.29. The van der Waals surface area contributed by atoms with Crippen molar-refractivity contribution in [3.05, 3.63) is 64.3 Å². The molecule has 4 rings (SSSR count). The van der Waals surface area contributed by atoms with Crippen LogP contribution < -0.4 is 11.4 Å². The van der Waals surface area contributed by atoms with Crippen molar-refractivity contribution >= 4 is 17.1 Å². The number of nitrogens with two attached hydrogens (primary N) is 1. The Morgan fingerprint density at radius 3 is 2.80 bits per heavy atom. The Morgan fingerprint density at radius 1 is 1.24 bits per heavy atom. The van der Waals surface area contributed by atoms with Gasteiger partial charge in [-0.2, -0.15) is 4.98 Å². The zero-order valence-corrected chi connectivity index (χ0v) is 12.7. The van der Waals surface area contributed by atoms with Gasteiger partial charge >= 0.3 is 5.69 Å². The second-order valence-electron chi connectivity index (χ2n) is 5.36. The summed E-state index contributed by atoms with van der Waals surface area (Å²) in [5.74, 6) is -1.11. The quantitative estimate of drug-likeness (QED) is 0.594. The SMILES string of the molecule is Nc1nc(-c2ccco2)c2[nH]c(=O)n(Cc3ccc(F)cc3F)c2n1. The summed E-state index contributed by atoms with van der Waals surface area (Å²) in [6.07, 6.45) is 1.46. The largest absolute Gasteiger partial charge is 0.463 e. The molecule has 3 heterocycles. The molecule has 3 aromatic heterocycles. The third kappa shape index (κ3) is 2.55. The molecular weight excluding hydrogens is 332 g/mol.